The van der Waals surface area contributed by atoms with Gasteiger partial charge in [0.25, 0.3) is 0 Å². The normalized spacial score (nSPS) is 16.5. The van der Waals surface area contributed by atoms with Crippen LogP contribution in [0.1, 0.15) is 41.1 Å². The minimum Gasteiger partial charge on any atom is -0.489 e. The number of ether oxygens (including phenoxy) is 1. The molecule has 1 N–H and O–H groups in total. The lowest BCUT2D eigenvalue weighted by Gasteiger charge is -2.48. The van der Waals surface area contributed by atoms with Crippen LogP contribution >= 0.6 is 0 Å². The summed E-state index contributed by atoms with van der Waals surface area (Å²) < 4.78 is 47.2. The number of anilines is 1. The number of benzene rings is 5. The maximum atomic E-state index is 13.8. The molecule has 0 radical (unpaired) electrons. The van der Waals surface area contributed by atoms with E-state index in [1.54, 1.807) is 17.0 Å². The lowest BCUT2D eigenvalue weighted by atomic mass is 9.74. The summed E-state index contributed by atoms with van der Waals surface area (Å²) in [6.07, 6.45) is 0.394. The molecular formula is C37H30F3NO3. The smallest absolute Gasteiger partial charge is 0.233 e. The third-order valence-electron chi connectivity index (χ3n) is 8.25. The molecule has 2 atom stereocenters. The summed E-state index contributed by atoms with van der Waals surface area (Å²) >= 11 is 0. The number of hydrogen-bond donors (Lipinski definition) is 1. The SMILES string of the molecule is O=C1C(CCC(O)(c2ccc(F)cc2)c2ccc(F)cc2)C(c2ccc(OCc3ccccc3)cc2)N1c1ccc(F)cc1. The molecule has 1 amide bonds. The Labute approximate surface area is 254 Å². The highest BCUT2D eigenvalue weighted by Crippen LogP contribution is 2.48. The van der Waals surface area contributed by atoms with Gasteiger partial charge >= 0.3 is 0 Å². The Balaban J connectivity index is 1.28. The van der Waals surface area contributed by atoms with Crippen LogP contribution < -0.4 is 9.64 Å². The summed E-state index contributed by atoms with van der Waals surface area (Å²) in [6.45, 7) is 0.414. The van der Waals surface area contributed by atoms with E-state index in [-0.39, 0.29) is 24.8 Å². The van der Waals surface area contributed by atoms with Crippen molar-refractivity contribution in [2.24, 2.45) is 5.92 Å². The molecule has 1 aliphatic rings. The highest BCUT2D eigenvalue weighted by molar-refractivity contribution is 6.03. The molecule has 4 nitrogen and oxygen atoms in total. The summed E-state index contributed by atoms with van der Waals surface area (Å²) in [5.41, 5.74) is 1.73. The predicted octanol–water partition coefficient (Wildman–Crippen LogP) is 8.10. The Morgan fingerprint density at radius 3 is 1.75 bits per heavy atom. The van der Waals surface area contributed by atoms with E-state index in [0.717, 1.165) is 11.1 Å². The van der Waals surface area contributed by atoms with E-state index >= 15 is 0 Å². The van der Waals surface area contributed by atoms with Gasteiger partial charge < -0.3 is 14.7 Å². The highest BCUT2D eigenvalue weighted by Gasteiger charge is 2.49. The molecule has 0 aromatic heterocycles. The largest absolute Gasteiger partial charge is 0.489 e. The first-order valence-corrected chi connectivity index (χ1v) is 14.4. The lowest BCUT2D eigenvalue weighted by Crippen LogP contribution is -2.55. The zero-order chi connectivity index (χ0) is 30.7. The number of β-lactam (4-membered cyclic amide) rings is 1. The number of hydrogen-bond acceptors (Lipinski definition) is 3. The van der Waals surface area contributed by atoms with Crippen molar-refractivity contribution in [3.8, 4) is 5.75 Å². The average Bonchev–Trinajstić information content (AvgIpc) is 3.05. The second-order valence-electron chi connectivity index (χ2n) is 11.0. The molecule has 1 aliphatic heterocycles. The molecule has 2 unspecified atom stereocenters. The van der Waals surface area contributed by atoms with Crippen molar-refractivity contribution >= 4 is 11.6 Å². The molecule has 44 heavy (non-hydrogen) atoms. The van der Waals surface area contributed by atoms with Crippen molar-refractivity contribution in [2.75, 3.05) is 4.90 Å². The molecule has 1 fully saturated rings. The molecule has 6 rings (SSSR count). The van der Waals surface area contributed by atoms with Crippen LogP contribution in [0.15, 0.2) is 127 Å². The second kappa shape index (κ2) is 12.4. The van der Waals surface area contributed by atoms with Gasteiger partial charge in [-0.2, -0.15) is 0 Å². The lowest BCUT2D eigenvalue weighted by molar-refractivity contribution is -0.131. The van der Waals surface area contributed by atoms with Crippen LogP contribution in [0.2, 0.25) is 0 Å². The van der Waals surface area contributed by atoms with Crippen molar-refractivity contribution in [3.05, 3.63) is 167 Å². The zero-order valence-corrected chi connectivity index (χ0v) is 23.7. The van der Waals surface area contributed by atoms with Crippen LogP contribution in [0, 0.1) is 23.4 Å². The molecule has 0 bridgehead atoms. The molecule has 0 spiro atoms. The maximum absolute atomic E-state index is 13.8. The summed E-state index contributed by atoms with van der Waals surface area (Å²) in [6, 6.07) is 33.8. The van der Waals surface area contributed by atoms with Crippen molar-refractivity contribution in [3.63, 3.8) is 0 Å². The molecule has 0 aliphatic carbocycles. The van der Waals surface area contributed by atoms with Gasteiger partial charge in [0.1, 0.15) is 35.4 Å². The summed E-state index contributed by atoms with van der Waals surface area (Å²) in [4.78, 5) is 15.3. The van der Waals surface area contributed by atoms with Gasteiger partial charge in [-0.1, -0.05) is 66.7 Å². The number of rotatable bonds is 10. The van der Waals surface area contributed by atoms with Gasteiger partial charge in [-0.15, -0.1) is 0 Å². The predicted molar refractivity (Wildman–Crippen MR) is 162 cm³/mol. The quantitative estimate of drug-likeness (QED) is 0.167. The summed E-state index contributed by atoms with van der Waals surface area (Å²) in [5, 5.41) is 12.0. The van der Waals surface area contributed by atoms with E-state index in [4.69, 9.17) is 4.74 Å². The minimum absolute atomic E-state index is 0.118. The van der Waals surface area contributed by atoms with Crippen LogP contribution in [0.25, 0.3) is 0 Å². The Kier molecular flexibility index (Phi) is 8.22. The Hall–Kier alpha value is -4.88. The summed E-state index contributed by atoms with van der Waals surface area (Å²) in [7, 11) is 0. The Morgan fingerprint density at radius 2 is 1.20 bits per heavy atom. The number of nitrogens with zero attached hydrogens (tertiary/aromatic N) is 1. The average molecular weight is 594 g/mol. The van der Waals surface area contributed by atoms with Gasteiger partial charge in [-0.25, -0.2) is 13.2 Å². The monoisotopic (exact) mass is 593 g/mol. The third-order valence-corrected chi connectivity index (χ3v) is 8.25. The number of halogens is 3. The van der Waals surface area contributed by atoms with E-state index in [2.05, 4.69) is 0 Å². The number of carbonyl (C=O) groups excluding carboxylic acids is 1. The van der Waals surface area contributed by atoms with Crippen LogP contribution in [-0.2, 0) is 17.0 Å². The Morgan fingerprint density at radius 1 is 0.682 bits per heavy atom. The van der Waals surface area contributed by atoms with Gasteiger partial charge in [0, 0.05) is 5.69 Å². The van der Waals surface area contributed by atoms with E-state index in [9.17, 15) is 23.1 Å². The van der Waals surface area contributed by atoms with Gasteiger partial charge in [0.15, 0.2) is 0 Å². The molecule has 1 saturated heterocycles. The molecule has 222 valence electrons. The van der Waals surface area contributed by atoms with E-state index < -0.39 is 29.0 Å². The minimum atomic E-state index is -1.60. The number of carbonyl (C=O) groups is 1. The van der Waals surface area contributed by atoms with Crippen LogP contribution in [-0.4, -0.2) is 11.0 Å². The van der Waals surface area contributed by atoms with Crippen molar-refractivity contribution in [1.29, 1.82) is 0 Å². The second-order valence-corrected chi connectivity index (χ2v) is 11.0. The molecule has 5 aromatic rings. The fourth-order valence-corrected chi connectivity index (χ4v) is 5.87. The number of aliphatic hydroxyl groups is 1. The van der Waals surface area contributed by atoms with Gasteiger partial charge in [-0.05, 0) is 95.8 Å². The van der Waals surface area contributed by atoms with Gasteiger partial charge in [0.05, 0.1) is 12.0 Å². The molecule has 5 aromatic carbocycles. The van der Waals surface area contributed by atoms with Crippen molar-refractivity contribution < 1.29 is 27.8 Å². The fraction of sp³-hybridized carbons (Fsp3) is 0.162. The van der Waals surface area contributed by atoms with Crippen LogP contribution in [0.5, 0.6) is 5.75 Å². The first-order valence-electron chi connectivity index (χ1n) is 14.4. The van der Waals surface area contributed by atoms with Crippen molar-refractivity contribution in [2.45, 2.75) is 31.1 Å². The van der Waals surface area contributed by atoms with E-state index in [0.29, 0.717) is 29.2 Å². The topological polar surface area (TPSA) is 49.8 Å². The standard InChI is InChI=1S/C37H30F3NO3/c38-29-12-8-27(9-13-29)37(43,28-10-14-30(39)15-11-28)23-22-34-35(41(36(34)42)32-18-16-31(40)17-19-32)26-6-20-33(21-7-26)44-24-25-4-2-1-3-5-25/h1-21,34-35,43H,22-24H2. The van der Waals surface area contributed by atoms with Crippen LogP contribution in [0.4, 0.5) is 18.9 Å². The maximum Gasteiger partial charge on any atom is 0.233 e. The molecular weight excluding hydrogens is 563 g/mol. The first-order chi connectivity index (χ1) is 21.3. The van der Waals surface area contributed by atoms with Gasteiger partial charge in [-0.3, -0.25) is 4.79 Å². The molecule has 1 heterocycles. The van der Waals surface area contributed by atoms with Crippen LogP contribution in [0.3, 0.4) is 0 Å². The highest BCUT2D eigenvalue weighted by atomic mass is 19.1. The summed E-state index contributed by atoms with van der Waals surface area (Å²) in [5.74, 6) is -1.30. The van der Waals surface area contributed by atoms with E-state index in [1.165, 1.54) is 60.7 Å². The van der Waals surface area contributed by atoms with E-state index in [1.807, 2.05) is 54.6 Å². The zero-order valence-electron chi connectivity index (χ0n) is 23.7. The van der Waals surface area contributed by atoms with Gasteiger partial charge in [0.2, 0.25) is 5.91 Å². The molecule has 0 saturated carbocycles. The third kappa shape index (κ3) is 5.96. The first kappa shape index (κ1) is 29.2. The Bertz CT molecular complexity index is 1660. The fourth-order valence-electron chi connectivity index (χ4n) is 5.87. The van der Waals surface area contributed by atoms with Crippen molar-refractivity contribution in [1.82, 2.24) is 0 Å². The molecule has 7 heteroatoms. The number of amides is 1.